The molecule has 70 valence electrons. The molecule has 0 aliphatic rings. The average Bonchev–Trinajstić information content (AvgIpc) is 2.60. The first kappa shape index (κ1) is 8.73. The second kappa shape index (κ2) is 3.48. The number of rotatable bonds is 2. The quantitative estimate of drug-likeness (QED) is 0.769. The molecular weight excluding hydrogens is 178 g/mol. The summed E-state index contributed by atoms with van der Waals surface area (Å²) in [5, 5.41) is 8.53. The fourth-order valence-corrected chi connectivity index (χ4v) is 1.31. The number of oxazole rings is 1. The summed E-state index contributed by atoms with van der Waals surface area (Å²) in [6.07, 6.45) is 0.390. The molecule has 0 radical (unpaired) electrons. The van der Waals surface area contributed by atoms with Gasteiger partial charge in [-0.25, -0.2) is 4.98 Å². The molecule has 0 spiro atoms. The Hall–Kier alpha value is -1.86. The summed E-state index contributed by atoms with van der Waals surface area (Å²) in [4.78, 5) is 4.17. The number of nitrogens with zero attached hydrogens (tertiary/aromatic N) is 2. The maximum absolute atomic E-state index is 8.53. The molecule has 2 N–H and O–H groups in total. The Kier molecular flexibility index (Phi) is 2.17. The van der Waals surface area contributed by atoms with Gasteiger partial charge in [0.1, 0.15) is 5.52 Å². The van der Waals surface area contributed by atoms with Crippen molar-refractivity contribution < 1.29 is 4.42 Å². The van der Waals surface area contributed by atoms with E-state index in [0.29, 0.717) is 24.4 Å². The number of hydrogen-bond donors (Lipinski definition) is 1. The van der Waals surface area contributed by atoms with Crippen molar-refractivity contribution in [2.75, 3.05) is 0 Å². The van der Waals surface area contributed by atoms with Crippen LogP contribution in [0.5, 0.6) is 0 Å². The van der Waals surface area contributed by atoms with Gasteiger partial charge in [0.15, 0.2) is 5.58 Å². The molecule has 0 saturated carbocycles. The maximum atomic E-state index is 8.53. The van der Waals surface area contributed by atoms with E-state index < -0.39 is 0 Å². The number of fused-ring (bicyclic) bond motifs is 1. The molecule has 0 aliphatic carbocycles. The highest BCUT2D eigenvalue weighted by molar-refractivity contribution is 5.73. The van der Waals surface area contributed by atoms with Crippen LogP contribution in [0, 0.1) is 11.3 Å². The largest absolute Gasteiger partial charge is 0.439 e. The third-order valence-corrected chi connectivity index (χ3v) is 1.95. The summed E-state index contributed by atoms with van der Waals surface area (Å²) in [7, 11) is 0. The number of hydrogen-bond acceptors (Lipinski definition) is 4. The Balaban J connectivity index is 2.49. The second-order valence-electron chi connectivity index (χ2n) is 2.95. The molecule has 4 heteroatoms. The normalized spacial score (nSPS) is 10.3. The monoisotopic (exact) mass is 187 g/mol. The van der Waals surface area contributed by atoms with Crippen LogP contribution in [0.3, 0.4) is 0 Å². The zero-order chi connectivity index (χ0) is 9.97. The van der Waals surface area contributed by atoms with Crippen molar-refractivity contribution in [3.05, 3.63) is 29.7 Å². The van der Waals surface area contributed by atoms with Gasteiger partial charge in [0.2, 0.25) is 5.89 Å². The van der Waals surface area contributed by atoms with Gasteiger partial charge in [0.25, 0.3) is 0 Å². The summed E-state index contributed by atoms with van der Waals surface area (Å²) >= 11 is 0. The molecule has 1 aromatic carbocycles. The standard InChI is InChI=1S/C10H9N3O/c11-4-3-7-1-2-9-8(5-7)13-10(6-12)14-9/h1-2,5H,3,6,12H2. The van der Waals surface area contributed by atoms with E-state index in [9.17, 15) is 0 Å². The highest BCUT2D eigenvalue weighted by Gasteiger charge is 2.04. The minimum Gasteiger partial charge on any atom is -0.439 e. The summed E-state index contributed by atoms with van der Waals surface area (Å²) in [5.74, 6) is 0.522. The van der Waals surface area contributed by atoms with E-state index in [4.69, 9.17) is 15.4 Å². The molecule has 0 unspecified atom stereocenters. The van der Waals surface area contributed by atoms with Crippen molar-refractivity contribution in [3.8, 4) is 6.07 Å². The van der Waals surface area contributed by atoms with Crippen LogP contribution in [-0.4, -0.2) is 4.98 Å². The van der Waals surface area contributed by atoms with Crippen LogP contribution in [0.25, 0.3) is 11.1 Å². The molecule has 2 aromatic rings. The molecule has 0 bridgehead atoms. The lowest BCUT2D eigenvalue weighted by Gasteiger charge is -1.91. The van der Waals surface area contributed by atoms with E-state index in [0.717, 1.165) is 11.1 Å². The van der Waals surface area contributed by atoms with Gasteiger partial charge in [0.05, 0.1) is 19.0 Å². The fourth-order valence-electron chi connectivity index (χ4n) is 1.31. The Morgan fingerprint density at radius 1 is 1.50 bits per heavy atom. The van der Waals surface area contributed by atoms with Gasteiger partial charge < -0.3 is 10.2 Å². The van der Waals surface area contributed by atoms with E-state index >= 15 is 0 Å². The SMILES string of the molecule is N#CCc1ccc2oc(CN)nc2c1. The van der Waals surface area contributed by atoms with E-state index in [1.807, 2.05) is 18.2 Å². The number of nitriles is 1. The topological polar surface area (TPSA) is 75.8 Å². The minimum atomic E-state index is 0.294. The molecule has 0 saturated heterocycles. The molecule has 1 heterocycles. The number of nitrogens with two attached hydrogens (primary N) is 1. The van der Waals surface area contributed by atoms with Crippen molar-refractivity contribution in [1.82, 2.24) is 4.98 Å². The Labute approximate surface area is 81.0 Å². The number of benzene rings is 1. The van der Waals surface area contributed by atoms with Crippen LogP contribution in [0.15, 0.2) is 22.6 Å². The van der Waals surface area contributed by atoms with Crippen LogP contribution in [0.1, 0.15) is 11.5 Å². The fraction of sp³-hybridized carbons (Fsp3) is 0.200. The first-order valence-corrected chi connectivity index (χ1v) is 4.29. The van der Waals surface area contributed by atoms with Crippen LogP contribution >= 0.6 is 0 Å². The minimum absolute atomic E-state index is 0.294. The number of aromatic nitrogens is 1. The van der Waals surface area contributed by atoms with Gasteiger partial charge >= 0.3 is 0 Å². The molecule has 0 amide bonds. The third-order valence-electron chi connectivity index (χ3n) is 1.95. The third kappa shape index (κ3) is 1.45. The summed E-state index contributed by atoms with van der Waals surface area (Å²) in [5.41, 5.74) is 7.82. The molecule has 14 heavy (non-hydrogen) atoms. The van der Waals surface area contributed by atoms with Gasteiger partial charge in [0, 0.05) is 0 Å². The Bertz CT molecular complexity index is 496. The van der Waals surface area contributed by atoms with Crippen LogP contribution < -0.4 is 5.73 Å². The van der Waals surface area contributed by atoms with Gasteiger partial charge in [-0.2, -0.15) is 5.26 Å². The highest BCUT2D eigenvalue weighted by Crippen LogP contribution is 2.17. The van der Waals surface area contributed by atoms with Crippen LogP contribution in [0.2, 0.25) is 0 Å². The van der Waals surface area contributed by atoms with Crippen LogP contribution in [-0.2, 0) is 13.0 Å². The Morgan fingerprint density at radius 3 is 3.07 bits per heavy atom. The predicted octanol–water partition coefficient (Wildman–Crippen LogP) is 1.35. The lowest BCUT2D eigenvalue weighted by molar-refractivity contribution is 0.533. The molecular formula is C10H9N3O. The smallest absolute Gasteiger partial charge is 0.209 e. The summed E-state index contributed by atoms with van der Waals surface area (Å²) in [6, 6.07) is 7.61. The molecule has 1 aromatic heterocycles. The van der Waals surface area contributed by atoms with Crippen molar-refractivity contribution in [2.45, 2.75) is 13.0 Å². The molecule has 2 rings (SSSR count). The van der Waals surface area contributed by atoms with Crippen molar-refractivity contribution in [3.63, 3.8) is 0 Å². The lowest BCUT2D eigenvalue weighted by atomic mass is 10.1. The zero-order valence-corrected chi connectivity index (χ0v) is 7.53. The van der Waals surface area contributed by atoms with Crippen LogP contribution in [0.4, 0.5) is 0 Å². The zero-order valence-electron chi connectivity index (χ0n) is 7.53. The first-order chi connectivity index (χ1) is 6.83. The first-order valence-electron chi connectivity index (χ1n) is 4.29. The van der Waals surface area contributed by atoms with Gasteiger partial charge in [-0.15, -0.1) is 0 Å². The van der Waals surface area contributed by atoms with Crippen molar-refractivity contribution in [1.29, 1.82) is 5.26 Å². The van der Waals surface area contributed by atoms with Gasteiger partial charge in [-0.3, -0.25) is 0 Å². The van der Waals surface area contributed by atoms with Gasteiger partial charge in [-0.05, 0) is 17.7 Å². The lowest BCUT2D eigenvalue weighted by Crippen LogP contribution is -1.95. The molecule has 4 nitrogen and oxygen atoms in total. The molecule has 0 atom stereocenters. The van der Waals surface area contributed by atoms with E-state index in [2.05, 4.69) is 11.1 Å². The predicted molar refractivity (Wildman–Crippen MR) is 51.2 cm³/mol. The van der Waals surface area contributed by atoms with E-state index in [1.54, 1.807) is 0 Å². The van der Waals surface area contributed by atoms with E-state index in [1.165, 1.54) is 0 Å². The van der Waals surface area contributed by atoms with Crippen molar-refractivity contribution in [2.24, 2.45) is 5.73 Å². The Morgan fingerprint density at radius 2 is 2.36 bits per heavy atom. The highest BCUT2D eigenvalue weighted by atomic mass is 16.3. The molecule has 0 fully saturated rings. The van der Waals surface area contributed by atoms with Gasteiger partial charge in [-0.1, -0.05) is 6.07 Å². The average molecular weight is 187 g/mol. The summed E-state index contributed by atoms with van der Waals surface area (Å²) < 4.78 is 5.33. The van der Waals surface area contributed by atoms with Crippen molar-refractivity contribution >= 4 is 11.1 Å². The molecule has 0 aliphatic heterocycles. The van der Waals surface area contributed by atoms with E-state index in [-0.39, 0.29) is 0 Å². The summed E-state index contributed by atoms with van der Waals surface area (Å²) in [6.45, 7) is 0.294. The maximum Gasteiger partial charge on any atom is 0.209 e. The second-order valence-corrected chi connectivity index (χ2v) is 2.95.